The number of fused-ring (bicyclic) bond motifs is 2. The summed E-state index contributed by atoms with van der Waals surface area (Å²) in [6.45, 7) is 2.25. The highest BCUT2D eigenvalue weighted by Gasteiger charge is 2.19. The molecule has 1 N–H and O–H groups in total. The first kappa shape index (κ1) is 15.9. The maximum atomic E-state index is 4.49. The molecule has 0 radical (unpaired) electrons. The summed E-state index contributed by atoms with van der Waals surface area (Å²) < 4.78 is 2.09. The second-order valence-corrected chi connectivity index (χ2v) is 6.70. The number of nitrogens with one attached hydrogen (secondary N) is 1. The SMILES string of the molecule is CCCCCCC(c1cc2ccccc2[nH]1)n1nnc2ccccc21. The largest absolute Gasteiger partial charge is 0.357 e. The summed E-state index contributed by atoms with van der Waals surface area (Å²) in [5, 5.41) is 10.1. The van der Waals surface area contributed by atoms with E-state index in [4.69, 9.17) is 0 Å². The Morgan fingerprint density at radius 3 is 2.72 bits per heavy atom. The van der Waals surface area contributed by atoms with Gasteiger partial charge in [0.05, 0.1) is 11.6 Å². The summed E-state index contributed by atoms with van der Waals surface area (Å²) in [5.74, 6) is 0. The third-order valence-electron chi connectivity index (χ3n) is 4.91. The van der Waals surface area contributed by atoms with E-state index in [-0.39, 0.29) is 6.04 Å². The van der Waals surface area contributed by atoms with Gasteiger partial charge in [-0.15, -0.1) is 5.10 Å². The predicted molar refractivity (Wildman–Crippen MR) is 103 cm³/mol. The van der Waals surface area contributed by atoms with Gasteiger partial charge >= 0.3 is 0 Å². The van der Waals surface area contributed by atoms with E-state index in [0.717, 1.165) is 17.5 Å². The van der Waals surface area contributed by atoms with Crippen LogP contribution in [0.1, 0.15) is 50.8 Å². The number of para-hydroxylation sites is 2. The van der Waals surface area contributed by atoms with Crippen LogP contribution in [0.4, 0.5) is 0 Å². The lowest BCUT2D eigenvalue weighted by Gasteiger charge is -2.17. The van der Waals surface area contributed by atoms with Gasteiger partial charge in [-0.2, -0.15) is 0 Å². The number of benzene rings is 2. The van der Waals surface area contributed by atoms with Crippen molar-refractivity contribution in [2.24, 2.45) is 0 Å². The topological polar surface area (TPSA) is 46.5 Å². The van der Waals surface area contributed by atoms with Crippen molar-refractivity contribution in [2.75, 3.05) is 0 Å². The quantitative estimate of drug-likeness (QED) is 0.456. The molecule has 0 spiro atoms. The highest BCUT2D eigenvalue weighted by atomic mass is 15.4. The molecule has 0 aliphatic rings. The van der Waals surface area contributed by atoms with Crippen LogP contribution in [-0.4, -0.2) is 20.0 Å². The number of nitrogens with zero attached hydrogens (tertiary/aromatic N) is 3. The van der Waals surface area contributed by atoms with Crippen LogP contribution in [-0.2, 0) is 0 Å². The third kappa shape index (κ3) is 3.16. The molecule has 4 aromatic rings. The Morgan fingerprint density at radius 1 is 1.00 bits per heavy atom. The van der Waals surface area contributed by atoms with Crippen LogP contribution in [0.2, 0.25) is 0 Å². The molecule has 1 atom stereocenters. The van der Waals surface area contributed by atoms with Crippen molar-refractivity contribution >= 4 is 21.9 Å². The molecule has 2 aromatic heterocycles. The lowest BCUT2D eigenvalue weighted by atomic mass is 10.0. The van der Waals surface area contributed by atoms with Crippen LogP contribution in [0.25, 0.3) is 21.9 Å². The Kier molecular flexibility index (Phi) is 4.51. The van der Waals surface area contributed by atoms with E-state index < -0.39 is 0 Å². The van der Waals surface area contributed by atoms with Crippen LogP contribution in [0, 0.1) is 0 Å². The molecule has 1 unspecified atom stereocenters. The lowest BCUT2D eigenvalue weighted by molar-refractivity contribution is 0.455. The highest BCUT2D eigenvalue weighted by Crippen LogP contribution is 2.29. The third-order valence-corrected chi connectivity index (χ3v) is 4.91. The van der Waals surface area contributed by atoms with Gasteiger partial charge in [-0.05, 0) is 36.1 Å². The fraction of sp³-hybridized carbons (Fsp3) is 0.333. The predicted octanol–water partition coefficient (Wildman–Crippen LogP) is 5.47. The van der Waals surface area contributed by atoms with E-state index >= 15 is 0 Å². The molecule has 0 aliphatic heterocycles. The first-order chi connectivity index (χ1) is 12.4. The van der Waals surface area contributed by atoms with Crippen LogP contribution < -0.4 is 0 Å². The highest BCUT2D eigenvalue weighted by molar-refractivity contribution is 5.80. The molecule has 0 aliphatic carbocycles. The standard InChI is InChI=1S/C21H24N4/c1-2-3-4-5-13-21(19-15-16-10-6-7-11-17(16)22-19)25-20-14-9-8-12-18(20)23-24-25/h6-12,14-15,21-22H,2-5,13H2,1H3. The van der Waals surface area contributed by atoms with Gasteiger partial charge in [-0.25, -0.2) is 4.68 Å². The van der Waals surface area contributed by atoms with E-state index in [2.05, 4.69) is 69.4 Å². The van der Waals surface area contributed by atoms with E-state index in [1.165, 1.54) is 42.3 Å². The van der Waals surface area contributed by atoms with Gasteiger partial charge in [0.15, 0.2) is 0 Å². The van der Waals surface area contributed by atoms with Crippen LogP contribution in [0.3, 0.4) is 0 Å². The Bertz CT molecular complexity index is 933. The van der Waals surface area contributed by atoms with Crippen molar-refractivity contribution in [1.29, 1.82) is 0 Å². The summed E-state index contributed by atoms with van der Waals surface area (Å²) in [6, 6.07) is 19.1. The molecule has 0 saturated carbocycles. The summed E-state index contributed by atoms with van der Waals surface area (Å²) in [4.78, 5) is 3.60. The molecule has 4 rings (SSSR count). The van der Waals surface area contributed by atoms with Crippen LogP contribution >= 0.6 is 0 Å². The van der Waals surface area contributed by atoms with Crippen molar-refractivity contribution in [3.05, 3.63) is 60.3 Å². The summed E-state index contributed by atoms with van der Waals surface area (Å²) >= 11 is 0. The van der Waals surface area contributed by atoms with E-state index in [1.807, 2.05) is 12.1 Å². The zero-order valence-corrected chi connectivity index (χ0v) is 14.7. The second kappa shape index (κ2) is 7.09. The number of H-pyrrole nitrogens is 1. The average molecular weight is 332 g/mol. The fourth-order valence-electron chi connectivity index (χ4n) is 3.57. The zero-order valence-electron chi connectivity index (χ0n) is 14.7. The number of rotatable bonds is 7. The van der Waals surface area contributed by atoms with Gasteiger partial charge in [0.2, 0.25) is 0 Å². The normalized spacial score (nSPS) is 12.8. The Morgan fingerprint density at radius 2 is 1.84 bits per heavy atom. The molecule has 25 heavy (non-hydrogen) atoms. The van der Waals surface area contributed by atoms with E-state index in [1.54, 1.807) is 0 Å². The van der Waals surface area contributed by atoms with Gasteiger partial charge in [-0.3, -0.25) is 0 Å². The molecule has 4 heteroatoms. The Balaban J connectivity index is 1.73. The van der Waals surface area contributed by atoms with E-state index in [9.17, 15) is 0 Å². The van der Waals surface area contributed by atoms with Gasteiger partial charge in [-0.1, -0.05) is 68.2 Å². The fourth-order valence-corrected chi connectivity index (χ4v) is 3.57. The zero-order chi connectivity index (χ0) is 17.1. The van der Waals surface area contributed by atoms with Crippen molar-refractivity contribution in [3.63, 3.8) is 0 Å². The smallest absolute Gasteiger partial charge is 0.113 e. The minimum atomic E-state index is 0.191. The van der Waals surface area contributed by atoms with Gasteiger partial charge in [0.1, 0.15) is 5.52 Å². The number of aromatic amines is 1. The number of unbranched alkanes of at least 4 members (excludes halogenated alkanes) is 3. The number of hydrogen-bond donors (Lipinski definition) is 1. The van der Waals surface area contributed by atoms with Gasteiger partial charge in [0.25, 0.3) is 0 Å². The molecule has 2 heterocycles. The van der Waals surface area contributed by atoms with Gasteiger partial charge < -0.3 is 4.98 Å². The lowest BCUT2D eigenvalue weighted by Crippen LogP contribution is -2.13. The first-order valence-corrected chi connectivity index (χ1v) is 9.24. The van der Waals surface area contributed by atoms with Crippen molar-refractivity contribution < 1.29 is 0 Å². The van der Waals surface area contributed by atoms with Gasteiger partial charge in [0, 0.05) is 11.2 Å². The average Bonchev–Trinajstić information content (AvgIpc) is 3.26. The monoisotopic (exact) mass is 332 g/mol. The summed E-state index contributed by atoms with van der Waals surface area (Å²) in [5.41, 5.74) is 4.45. The Labute approximate surface area is 147 Å². The molecule has 0 fully saturated rings. The number of aromatic nitrogens is 4. The minimum Gasteiger partial charge on any atom is -0.357 e. The van der Waals surface area contributed by atoms with Crippen LogP contribution in [0.15, 0.2) is 54.6 Å². The minimum absolute atomic E-state index is 0.191. The first-order valence-electron chi connectivity index (χ1n) is 9.24. The second-order valence-electron chi connectivity index (χ2n) is 6.70. The molecular formula is C21H24N4. The number of hydrogen-bond acceptors (Lipinski definition) is 2. The molecule has 0 amide bonds. The molecule has 128 valence electrons. The summed E-state index contributed by atoms with van der Waals surface area (Å²) in [6.07, 6.45) is 6.07. The van der Waals surface area contributed by atoms with Crippen molar-refractivity contribution in [3.8, 4) is 0 Å². The van der Waals surface area contributed by atoms with E-state index in [0.29, 0.717) is 0 Å². The summed E-state index contributed by atoms with van der Waals surface area (Å²) in [7, 11) is 0. The maximum Gasteiger partial charge on any atom is 0.113 e. The molecule has 0 bridgehead atoms. The molecule has 0 saturated heterocycles. The molecular weight excluding hydrogens is 308 g/mol. The molecule has 2 aromatic carbocycles. The van der Waals surface area contributed by atoms with Crippen LogP contribution in [0.5, 0.6) is 0 Å². The van der Waals surface area contributed by atoms with Crippen molar-refractivity contribution in [1.82, 2.24) is 20.0 Å². The van der Waals surface area contributed by atoms with Crippen molar-refractivity contribution in [2.45, 2.75) is 45.1 Å². The molecule has 4 nitrogen and oxygen atoms in total. The Hall–Kier alpha value is -2.62. The maximum absolute atomic E-state index is 4.49.